The molecule has 8 nitrogen and oxygen atoms in total. The van der Waals surface area contributed by atoms with Crippen LogP contribution in [-0.4, -0.2) is 54.5 Å². The molecule has 0 aromatic heterocycles. The number of rotatable bonds is 10. The summed E-state index contributed by atoms with van der Waals surface area (Å²) in [5.41, 5.74) is 0.745. The van der Waals surface area contributed by atoms with E-state index in [2.05, 4.69) is 5.32 Å². The van der Waals surface area contributed by atoms with Gasteiger partial charge in [0, 0.05) is 31.1 Å². The van der Waals surface area contributed by atoms with E-state index < -0.39 is 27.9 Å². The number of benzene rings is 2. The van der Waals surface area contributed by atoms with E-state index in [1.54, 1.807) is 43.3 Å². The average molecular weight is 506 g/mol. The van der Waals surface area contributed by atoms with E-state index in [1.807, 2.05) is 6.92 Å². The van der Waals surface area contributed by atoms with Gasteiger partial charge >= 0.3 is 0 Å². The van der Waals surface area contributed by atoms with Gasteiger partial charge in [0.05, 0.1) is 5.56 Å². The van der Waals surface area contributed by atoms with E-state index in [4.69, 9.17) is 11.6 Å². The van der Waals surface area contributed by atoms with Crippen molar-refractivity contribution >= 4 is 39.3 Å². The van der Waals surface area contributed by atoms with E-state index >= 15 is 0 Å². The molecule has 182 valence electrons. The summed E-state index contributed by atoms with van der Waals surface area (Å²) in [5.74, 6) is -1.44. The van der Waals surface area contributed by atoms with Crippen molar-refractivity contribution in [3.05, 3.63) is 64.7 Å². The Morgan fingerprint density at radius 1 is 1.12 bits per heavy atom. The fourth-order valence-electron chi connectivity index (χ4n) is 3.72. The first-order chi connectivity index (χ1) is 16.2. The number of fused-ring (bicyclic) bond motifs is 1. The van der Waals surface area contributed by atoms with Crippen molar-refractivity contribution in [3.63, 3.8) is 0 Å². The number of sulfonamides is 1. The number of carbonyl (C=O) groups is 3. The lowest BCUT2D eigenvalue weighted by Gasteiger charge is -2.29. The van der Waals surface area contributed by atoms with Crippen LogP contribution in [0.4, 0.5) is 0 Å². The van der Waals surface area contributed by atoms with Gasteiger partial charge in [0.25, 0.3) is 15.9 Å². The lowest BCUT2D eigenvalue weighted by atomic mass is 10.1. The lowest BCUT2D eigenvalue weighted by molar-refractivity contribution is -0.140. The van der Waals surface area contributed by atoms with E-state index in [-0.39, 0.29) is 35.9 Å². The normalized spacial score (nSPS) is 15.0. The summed E-state index contributed by atoms with van der Waals surface area (Å²) < 4.78 is 26.3. The smallest absolute Gasteiger partial charge is 0.269 e. The van der Waals surface area contributed by atoms with Crippen molar-refractivity contribution in [1.29, 1.82) is 0 Å². The highest BCUT2D eigenvalue weighted by Crippen LogP contribution is 2.30. The fraction of sp³-hybridized carbons (Fsp3) is 0.375. The Bertz CT molecular complexity index is 1180. The quantitative estimate of drug-likeness (QED) is 0.499. The van der Waals surface area contributed by atoms with Crippen molar-refractivity contribution in [2.45, 2.75) is 50.6 Å². The molecule has 3 rings (SSSR count). The molecular formula is C24H28ClN3O5S. The van der Waals surface area contributed by atoms with Gasteiger partial charge in [-0.05, 0) is 37.1 Å². The van der Waals surface area contributed by atoms with E-state index in [9.17, 15) is 22.8 Å². The summed E-state index contributed by atoms with van der Waals surface area (Å²) in [4.78, 5) is 39.9. The number of amides is 3. The summed E-state index contributed by atoms with van der Waals surface area (Å²) in [5, 5.41) is 3.27. The van der Waals surface area contributed by atoms with Gasteiger partial charge < -0.3 is 10.2 Å². The van der Waals surface area contributed by atoms with Gasteiger partial charge in [0.2, 0.25) is 11.8 Å². The summed E-state index contributed by atoms with van der Waals surface area (Å²) in [6.45, 7) is 3.87. The standard InChI is InChI=1S/C24H28ClN3O5S/c1-3-4-14-26-23(30)17(2)27(16-18-9-5-7-11-20(18)25)22(29)13-15-28-24(31)19-10-6-8-12-21(19)34(28,32)33/h5-12,17H,3-4,13-16H2,1-2H3,(H,26,30)/t17-/m0/s1. The molecule has 1 atom stereocenters. The third-order valence-electron chi connectivity index (χ3n) is 5.74. The molecule has 3 amide bonds. The van der Waals surface area contributed by atoms with E-state index in [0.29, 0.717) is 17.1 Å². The molecule has 2 aromatic rings. The first-order valence-electron chi connectivity index (χ1n) is 11.1. The van der Waals surface area contributed by atoms with Crippen LogP contribution in [-0.2, 0) is 26.2 Å². The molecule has 0 spiro atoms. The summed E-state index contributed by atoms with van der Waals surface area (Å²) in [6, 6.07) is 12.1. The molecule has 0 saturated carbocycles. The molecule has 1 aliphatic heterocycles. The van der Waals surface area contributed by atoms with Crippen molar-refractivity contribution < 1.29 is 22.8 Å². The second kappa shape index (κ2) is 11.0. The molecule has 34 heavy (non-hydrogen) atoms. The molecule has 0 fully saturated rings. The van der Waals surface area contributed by atoms with Crippen LogP contribution in [0.15, 0.2) is 53.4 Å². The van der Waals surface area contributed by atoms with Crippen LogP contribution in [0.25, 0.3) is 0 Å². The van der Waals surface area contributed by atoms with Crippen LogP contribution in [0.2, 0.25) is 5.02 Å². The zero-order valence-corrected chi connectivity index (χ0v) is 20.7. The molecule has 2 aromatic carbocycles. The monoisotopic (exact) mass is 505 g/mol. The number of unbranched alkanes of at least 4 members (excludes halogenated alkanes) is 1. The minimum absolute atomic E-state index is 0.0657. The predicted octanol–water partition coefficient (Wildman–Crippen LogP) is 3.21. The Balaban J connectivity index is 1.78. The van der Waals surface area contributed by atoms with Gasteiger partial charge in [-0.1, -0.05) is 55.3 Å². The largest absolute Gasteiger partial charge is 0.354 e. The van der Waals surface area contributed by atoms with Gasteiger partial charge in [0.1, 0.15) is 10.9 Å². The highest BCUT2D eigenvalue weighted by atomic mass is 35.5. The third kappa shape index (κ3) is 5.42. The topological polar surface area (TPSA) is 104 Å². The van der Waals surface area contributed by atoms with Gasteiger partial charge in [0.15, 0.2) is 0 Å². The Hall–Kier alpha value is -2.91. The van der Waals surface area contributed by atoms with Crippen LogP contribution < -0.4 is 5.32 Å². The maximum Gasteiger partial charge on any atom is 0.269 e. The van der Waals surface area contributed by atoms with Crippen LogP contribution >= 0.6 is 11.6 Å². The highest BCUT2D eigenvalue weighted by molar-refractivity contribution is 7.90. The first kappa shape index (κ1) is 25.7. The second-order valence-electron chi connectivity index (χ2n) is 8.06. The molecule has 10 heteroatoms. The summed E-state index contributed by atoms with van der Waals surface area (Å²) >= 11 is 6.28. The lowest BCUT2D eigenvalue weighted by Crippen LogP contribution is -2.48. The maximum absolute atomic E-state index is 13.3. The molecule has 1 heterocycles. The number of hydrogen-bond acceptors (Lipinski definition) is 5. The molecule has 1 aliphatic rings. The van der Waals surface area contributed by atoms with Crippen molar-refractivity contribution in [1.82, 2.24) is 14.5 Å². The number of nitrogens with one attached hydrogen (secondary N) is 1. The van der Waals surface area contributed by atoms with Crippen LogP contribution in [0.3, 0.4) is 0 Å². The minimum atomic E-state index is -4.02. The molecule has 0 bridgehead atoms. The second-order valence-corrected chi connectivity index (χ2v) is 10.3. The van der Waals surface area contributed by atoms with Crippen LogP contribution in [0.5, 0.6) is 0 Å². The van der Waals surface area contributed by atoms with E-state index in [0.717, 1.165) is 17.1 Å². The van der Waals surface area contributed by atoms with Crippen LogP contribution in [0, 0.1) is 0 Å². The molecule has 0 saturated heterocycles. The molecule has 0 radical (unpaired) electrons. The highest BCUT2D eigenvalue weighted by Gasteiger charge is 2.41. The van der Waals surface area contributed by atoms with Gasteiger partial charge in [-0.3, -0.25) is 14.4 Å². The minimum Gasteiger partial charge on any atom is -0.354 e. The number of nitrogens with zero attached hydrogens (tertiary/aromatic N) is 2. The maximum atomic E-state index is 13.3. The number of hydrogen-bond donors (Lipinski definition) is 1. The van der Waals surface area contributed by atoms with Crippen molar-refractivity contribution in [2.24, 2.45) is 0 Å². The summed E-state index contributed by atoms with van der Waals surface area (Å²) in [7, 11) is -4.02. The zero-order valence-electron chi connectivity index (χ0n) is 19.2. The molecular weight excluding hydrogens is 478 g/mol. The van der Waals surface area contributed by atoms with Crippen LogP contribution in [0.1, 0.15) is 49.0 Å². The SMILES string of the molecule is CCCCNC(=O)[C@H](C)N(Cc1ccccc1Cl)C(=O)CCN1C(=O)c2ccccc2S1(=O)=O. The Labute approximate surface area is 204 Å². The first-order valence-corrected chi connectivity index (χ1v) is 13.0. The molecule has 1 N–H and O–H groups in total. The van der Waals surface area contributed by atoms with Gasteiger partial charge in [-0.15, -0.1) is 0 Å². The van der Waals surface area contributed by atoms with Crippen molar-refractivity contribution in [3.8, 4) is 0 Å². The zero-order chi connectivity index (χ0) is 24.9. The fourth-order valence-corrected chi connectivity index (χ4v) is 5.49. The van der Waals surface area contributed by atoms with Gasteiger partial charge in [-0.2, -0.15) is 0 Å². The number of halogens is 1. The van der Waals surface area contributed by atoms with Gasteiger partial charge in [-0.25, -0.2) is 12.7 Å². The summed E-state index contributed by atoms with van der Waals surface area (Å²) in [6.07, 6.45) is 1.46. The average Bonchev–Trinajstić information content (AvgIpc) is 3.01. The molecule has 0 aliphatic carbocycles. The number of carbonyl (C=O) groups excluding carboxylic acids is 3. The third-order valence-corrected chi connectivity index (χ3v) is 7.95. The Kier molecular flexibility index (Phi) is 8.33. The Morgan fingerprint density at radius 2 is 1.79 bits per heavy atom. The Morgan fingerprint density at radius 3 is 2.47 bits per heavy atom. The predicted molar refractivity (Wildman–Crippen MR) is 129 cm³/mol. The van der Waals surface area contributed by atoms with E-state index in [1.165, 1.54) is 17.0 Å². The van der Waals surface area contributed by atoms with Crippen molar-refractivity contribution in [2.75, 3.05) is 13.1 Å². The molecule has 0 unspecified atom stereocenters.